The Morgan fingerprint density at radius 3 is 2.67 bits per heavy atom. The molecule has 9 nitrogen and oxygen atoms in total. The van der Waals surface area contributed by atoms with Gasteiger partial charge in [-0.05, 0) is 53.2 Å². The fourth-order valence-corrected chi connectivity index (χ4v) is 4.94. The third-order valence-electron chi connectivity index (χ3n) is 4.46. The summed E-state index contributed by atoms with van der Waals surface area (Å²) in [6, 6.07) is 8.92. The number of nitrogens with one attached hydrogen (secondary N) is 1. The molecule has 3 rings (SSSR count). The van der Waals surface area contributed by atoms with Gasteiger partial charge >= 0.3 is 0 Å². The summed E-state index contributed by atoms with van der Waals surface area (Å²) in [5, 5.41) is 23.1. The van der Waals surface area contributed by atoms with Gasteiger partial charge in [-0.1, -0.05) is 27.7 Å². The normalized spacial score (nSPS) is 11.1. The fourth-order valence-electron chi connectivity index (χ4n) is 2.89. The van der Waals surface area contributed by atoms with Gasteiger partial charge in [0.05, 0.1) is 30.7 Å². The van der Waals surface area contributed by atoms with Gasteiger partial charge in [-0.25, -0.2) is 5.43 Å². The number of thioether (sulfide) groups is 1. The number of carbonyl (C=O) groups is 1. The largest absolute Gasteiger partial charge is 0.506 e. The van der Waals surface area contributed by atoms with Crippen LogP contribution in [0.25, 0.3) is 11.4 Å². The quantitative estimate of drug-likeness (QED) is 0.213. The number of methoxy groups -OCH3 is 2. The fraction of sp³-hybridized carbons (Fsp3) is 0.238. The Hall–Kier alpha value is -2.57. The molecule has 0 radical (unpaired) electrons. The minimum Gasteiger partial charge on any atom is -0.506 e. The van der Waals surface area contributed by atoms with Crippen molar-refractivity contribution >= 4 is 55.7 Å². The summed E-state index contributed by atoms with van der Waals surface area (Å²) >= 11 is 7.85. The summed E-state index contributed by atoms with van der Waals surface area (Å²) in [7, 11) is 3.15. The minimum atomic E-state index is -0.317. The van der Waals surface area contributed by atoms with Gasteiger partial charge in [0.1, 0.15) is 5.75 Å². The van der Waals surface area contributed by atoms with E-state index in [4.69, 9.17) is 9.47 Å². The molecular weight excluding hydrogens is 578 g/mol. The average molecular weight is 599 g/mol. The number of benzene rings is 2. The Balaban J connectivity index is 1.66. The Bertz CT molecular complexity index is 1190. The van der Waals surface area contributed by atoms with Crippen molar-refractivity contribution in [2.45, 2.75) is 18.6 Å². The Morgan fingerprint density at radius 2 is 1.97 bits per heavy atom. The molecule has 0 aliphatic carbocycles. The van der Waals surface area contributed by atoms with E-state index >= 15 is 0 Å². The van der Waals surface area contributed by atoms with Crippen LogP contribution in [0.1, 0.15) is 12.5 Å². The molecule has 3 aromatic rings. The third kappa shape index (κ3) is 6.06. The van der Waals surface area contributed by atoms with Crippen LogP contribution in [0.4, 0.5) is 0 Å². The summed E-state index contributed by atoms with van der Waals surface area (Å²) in [5.41, 5.74) is 3.73. The molecule has 0 aliphatic rings. The Morgan fingerprint density at radius 1 is 1.21 bits per heavy atom. The number of aromatic nitrogens is 3. The predicted octanol–water partition coefficient (Wildman–Crippen LogP) is 4.46. The highest BCUT2D eigenvalue weighted by Gasteiger charge is 2.16. The lowest BCUT2D eigenvalue weighted by atomic mass is 10.2. The van der Waals surface area contributed by atoms with Gasteiger partial charge in [0.2, 0.25) is 0 Å². The third-order valence-corrected chi connectivity index (χ3v) is 6.49. The Labute approximate surface area is 211 Å². The molecule has 0 saturated carbocycles. The highest BCUT2D eigenvalue weighted by Crippen LogP contribution is 2.33. The zero-order valence-electron chi connectivity index (χ0n) is 18.0. The molecular formula is C21H21Br2N5O4S. The zero-order valence-corrected chi connectivity index (χ0v) is 22.0. The van der Waals surface area contributed by atoms with Crippen molar-refractivity contribution in [3.63, 3.8) is 0 Å². The van der Waals surface area contributed by atoms with Crippen molar-refractivity contribution in [3.8, 4) is 28.6 Å². The van der Waals surface area contributed by atoms with Crippen LogP contribution in [-0.4, -0.2) is 52.0 Å². The molecule has 0 unspecified atom stereocenters. The van der Waals surface area contributed by atoms with Gasteiger partial charge in [-0.3, -0.25) is 4.79 Å². The first-order chi connectivity index (χ1) is 15.9. The summed E-state index contributed by atoms with van der Waals surface area (Å²) in [6.07, 6.45) is 1.37. The van der Waals surface area contributed by atoms with Gasteiger partial charge in [0.25, 0.3) is 5.91 Å². The van der Waals surface area contributed by atoms with E-state index in [1.165, 1.54) is 18.0 Å². The Kier molecular flexibility index (Phi) is 8.75. The van der Waals surface area contributed by atoms with Gasteiger partial charge in [0.15, 0.2) is 22.5 Å². The first kappa shape index (κ1) is 25.1. The van der Waals surface area contributed by atoms with Crippen LogP contribution in [0.2, 0.25) is 0 Å². The van der Waals surface area contributed by atoms with Crippen LogP contribution in [0, 0.1) is 0 Å². The standard InChI is InChI=1S/C21H21Br2N5O4S/c1-4-28-20(12-5-6-16(31-2)17(8-12)32-3)26-27-21(28)33-11-18(29)25-24-10-13-7-14(22)9-15(23)19(13)30/h5-10,30H,4,11H2,1-3H3,(H,25,29). The summed E-state index contributed by atoms with van der Waals surface area (Å²) in [4.78, 5) is 12.2. The molecule has 174 valence electrons. The molecule has 2 aromatic carbocycles. The number of nitrogens with zero attached hydrogens (tertiary/aromatic N) is 4. The van der Waals surface area contributed by atoms with Gasteiger partial charge in [-0.15, -0.1) is 10.2 Å². The van der Waals surface area contributed by atoms with Crippen LogP contribution < -0.4 is 14.9 Å². The van der Waals surface area contributed by atoms with E-state index in [1.807, 2.05) is 29.7 Å². The van der Waals surface area contributed by atoms with Crippen molar-refractivity contribution in [3.05, 3.63) is 44.8 Å². The van der Waals surface area contributed by atoms with Crippen LogP contribution in [0.3, 0.4) is 0 Å². The molecule has 0 atom stereocenters. The van der Waals surface area contributed by atoms with Crippen molar-refractivity contribution in [2.75, 3.05) is 20.0 Å². The number of hydrazone groups is 1. The lowest BCUT2D eigenvalue weighted by molar-refractivity contribution is -0.118. The van der Waals surface area contributed by atoms with E-state index in [0.717, 1.165) is 10.0 Å². The number of carbonyl (C=O) groups excluding carboxylic acids is 1. The number of phenols is 1. The number of hydrogen-bond acceptors (Lipinski definition) is 8. The van der Waals surface area contributed by atoms with E-state index in [1.54, 1.807) is 26.4 Å². The number of amides is 1. The smallest absolute Gasteiger partial charge is 0.250 e. The van der Waals surface area contributed by atoms with Crippen LogP contribution >= 0.6 is 43.6 Å². The lowest BCUT2D eigenvalue weighted by Gasteiger charge is -2.10. The summed E-state index contributed by atoms with van der Waals surface area (Å²) in [5.74, 6) is 1.69. The molecule has 1 amide bonds. The van der Waals surface area contributed by atoms with Gasteiger partial charge in [-0.2, -0.15) is 5.10 Å². The van der Waals surface area contributed by atoms with Crippen LogP contribution in [0.5, 0.6) is 17.2 Å². The number of hydrogen-bond donors (Lipinski definition) is 2. The van der Waals surface area contributed by atoms with Crippen molar-refractivity contribution in [1.82, 2.24) is 20.2 Å². The zero-order chi connectivity index (χ0) is 24.0. The van der Waals surface area contributed by atoms with Crippen LogP contribution in [0.15, 0.2) is 49.5 Å². The lowest BCUT2D eigenvalue weighted by Crippen LogP contribution is -2.20. The number of rotatable bonds is 9. The van der Waals surface area contributed by atoms with E-state index in [-0.39, 0.29) is 17.4 Å². The second-order valence-corrected chi connectivity index (χ2v) is 9.24. The summed E-state index contributed by atoms with van der Waals surface area (Å²) in [6.45, 7) is 2.60. The molecule has 1 aromatic heterocycles. The highest BCUT2D eigenvalue weighted by atomic mass is 79.9. The maximum Gasteiger partial charge on any atom is 0.250 e. The molecule has 12 heteroatoms. The summed E-state index contributed by atoms with van der Waals surface area (Å²) < 4.78 is 13.9. The monoisotopic (exact) mass is 597 g/mol. The first-order valence-corrected chi connectivity index (χ1v) is 12.2. The van der Waals surface area contributed by atoms with E-state index in [2.05, 4.69) is 52.6 Å². The minimum absolute atomic E-state index is 0.0318. The topological polar surface area (TPSA) is 111 Å². The number of phenolic OH excluding ortho intramolecular Hbond substituents is 1. The molecule has 0 bridgehead atoms. The maximum atomic E-state index is 12.2. The molecule has 2 N–H and O–H groups in total. The maximum absolute atomic E-state index is 12.2. The molecule has 1 heterocycles. The van der Waals surface area contributed by atoms with E-state index < -0.39 is 0 Å². The van der Waals surface area contributed by atoms with Crippen molar-refractivity contribution in [1.29, 1.82) is 0 Å². The van der Waals surface area contributed by atoms with Crippen LogP contribution in [-0.2, 0) is 11.3 Å². The molecule has 0 saturated heterocycles. The van der Waals surface area contributed by atoms with Gasteiger partial charge < -0.3 is 19.1 Å². The number of aromatic hydroxyl groups is 1. The van der Waals surface area contributed by atoms with E-state index in [9.17, 15) is 9.90 Å². The predicted molar refractivity (Wildman–Crippen MR) is 134 cm³/mol. The SMILES string of the molecule is CCn1c(SCC(=O)NN=Cc2cc(Br)cc(Br)c2O)nnc1-c1ccc(OC)c(OC)c1. The molecule has 0 aliphatic heterocycles. The van der Waals surface area contributed by atoms with Gasteiger partial charge in [0, 0.05) is 22.1 Å². The second-order valence-electron chi connectivity index (χ2n) is 6.53. The second kappa shape index (κ2) is 11.5. The number of halogens is 2. The molecule has 33 heavy (non-hydrogen) atoms. The van der Waals surface area contributed by atoms with Crippen molar-refractivity contribution < 1.29 is 19.4 Å². The molecule has 0 fully saturated rings. The highest BCUT2D eigenvalue weighted by molar-refractivity contribution is 9.11. The van der Waals surface area contributed by atoms with Crippen molar-refractivity contribution in [2.24, 2.45) is 5.10 Å². The average Bonchev–Trinajstić information content (AvgIpc) is 3.23. The molecule has 0 spiro atoms. The first-order valence-electron chi connectivity index (χ1n) is 9.66. The van der Waals surface area contributed by atoms with E-state index in [0.29, 0.717) is 39.1 Å². The number of ether oxygens (including phenoxy) is 2.